The fraction of sp³-hybridized carbons (Fsp3) is 0.316. The second kappa shape index (κ2) is 27.9. The Morgan fingerprint density at radius 3 is 0.683 bits per heavy atom. The Labute approximate surface area is 366 Å². The van der Waals surface area contributed by atoms with Gasteiger partial charge in [0.15, 0.2) is 0 Å². The molecule has 0 N–H and O–H groups in total. The topological polar surface area (TPSA) is 38.7 Å². The molecular weight excluding hydrogens is 727 g/mol. The third kappa shape index (κ3) is 13.2. The van der Waals surface area contributed by atoms with Crippen molar-refractivity contribution in [1.29, 1.82) is 0 Å². The van der Waals surface area contributed by atoms with Crippen molar-refractivity contribution >= 4 is 0 Å². The Morgan fingerprint density at radius 2 is 0.450 bits per heavy atom. The van der Waals surface area contributed by atoms with Gasteiger partial charge in [0.2, 0.25) is 0 Å². The Bertz CT molecular complexity index is 2040. The van der Waals surface area contributed by atoms with Gasteiger partial charge in [0.1, 0.15) is 0 Å². The molecule has 0 bridgehead atoms. The van der Waals surface area contributed by atoms with E-state index in [-0.39, 0.29) is 0 Å². The summed E-state index contributed by atoms with van der Waals surface area (Å²) >= 11 is 0. The van der Waals surface area contributed by atoms with E-state index in [0.29, 0.717) is 0 Å². The summed E-state index contributed by atoms with van der Waals surface area (Å²) in [6.07, 6.45) is 11.7. The molecule has 0 aliphatic rings. The summed E-state index contributed by atoms with van der Waals surface area (Å²) in [7, 11) is 0. The quantitative estimate of drug-likeness (QED) is 0.168. The fourth-order valence-corrected chi connectivity index (χ4v) is 6.49. The molecule has 0 aliphatic heterocycles. The average Bonchev–Trinajstić information content (AvgIpc) is 3.33. The Morgan fingerprint density at radius 1 is 0.250 bits per heavy atom. The van der Waals surface area contributed by atoms with E-state index in [1.54, 1.807) is 0 Å². The van der Waals surface area contributed by atoms with Crippen LogP contribution in [0.2, 0.25) is 0 Å². The lowest BCUT2D eigenvalue weighted by Gasteiger charge is -2.15. The van der Waals surface area contributed by atoms with Crippen LogP contribution in [-0.4, -0.2) is 15.0 Å². The molecular formula is C57H75N3. The van der Waals surface area contributed by atoms with E-state index in [9.17, 15) is 0 Å². The highest BCUT2D eigenvalue weighted by molar-refractivity contribution is 5.86. The highest BCUT2D eigenvalue weighted by Crippen LogP contribution is 2.38. The summed E-state index contributed by atoms with van der Waals surface area (Å²) in [5.41, 5.74) is 21.4. The number of rotatable bonds is 6. The molecule has 3 aromatic heterocycles. The molecule has 3 nitrogen and oxygen atoms in total. The van der Waals surface area contributed by atoms with Gasteiger partial charge in [0.25, 0.3) is 0 Å². The maximum Gasteiger partial charge on any atom is 0.0349 e. The summed E-state index contributed by atoms with van der Waals surface area (Å²) in [4.78, 5) is 13.5. The number of aromatic nitrogens is 3. The third-order valence-electron chi connectivity index (χ3n) is 9.86. The van der Waals surface area contributed by atoms with Gasteiger partial charge >= 0.3 is 0 Å². The zero-order valence-corrected chi connectivity index (χ0v) is 40.5. The average molecular weight is 802 g/mol. The lowest BCUT2D eigenvalue weighted by molar-refractivity contribution is 1.22. The molecule has 318 valence electrons. The largest absolute Gasteiger partial charge is 0.264 e. The molecule has 0 atom stereocenters. The molecule has 0 aliphatic carbocycles. The van der Waals surface area contributed by atoms with Crippen molar-refractivity contribution in [2.75, 3.05) is 0 Å². The van der Waals surface area contributed by atoms with Crippen molar-refractivity contribution in [1.82, 2.24) is 15.0 Å². The van der Waals surface area contributed by atoms with Crippen molar-refractivity contribution < 1.29 is 0 Å². The van der Waals surface area contributed by atoms with E-state index < -0.39 is 0 Å². The summed E-state index contributed by atoms with van der Waals surface area (Å²) in [6.45, 7) is 36.9. The highest BCUT2D eigenvalue weighted by atomic mass is 14.6. The van der Waals surface area contributed by atoms with Gasteiger partial charge in [-0.15, -0.1) is 0 Å². The zero-order chi connectivity index (χ0) is 45.4. The lowest BCUT2D eigenvalue weighted by atomic mass is 9.89. The normalized spacial score (nSPS) is 9.50. The van der Waals surface area contributed by atoms with Crippen LogP contribution in [0.25, 0.3) is 66.8 Å². The molecule has 0 radical (unpaired) electrons. The van der Waals surface area contributed by atoms with Gasteiger partial charge in [-0.1, -0.05) is 138 Å². The minimum atomic E-state index is 1.16. The zero-order valence-electron chi connectivity index (χ0n) is 40.5. The molecule has 0 amide bonds. The van der Waals surface area contributed by atoms with Crippen LogP contribution < -0.4 is 0 Å². The molecule has 7 aromatic rings. The number of benzene rings is 4. The van der Waals surface area contributed by atoms with Crippen molar-refractivity contribution in [2.24, 2.45) is 0 Å². The van der Waals surface area contributed by atoms with Crippen molar-refractivity contribution in [3.8, 4) is 66.8 Å². The second-order valence-corrected chi connectivity index (χ2v) is 12.9. The smallest absolute Gasteiger partial charge is 0.0349 e. The lowest BCUT2D eigenvalue weighted by Crippen LogP contribution is -1.92. The van der Waals surface area contributed by atoms with Crippen LogP contribution in [0.4, 0.5) is 0 Å². The van der Waals surface area contributed by atoms with Gasteiger partial charge in [0, 0.05) is 53.9 Å². The Kier molecular flexibility index (Phi) is 24.4. The van der Waals surface area contributed by atoms with Crippen LogP contribution in [0.3, 0.4) is 0 Å². The maximum absolute atomic E-state index is 4.51. The van der Waals surface area contributed by atoms with E-state index in [0.717, 1.165) is 16.7 Å². The molecule has 0 unspecified atom stereocenters. The molecule has 0 fully saturated rings. The van der Waals surface area contributed by atoms with Gasteiger partial charge in [-0.3, -0.25) is 15.0 Å². The predicted octanol–water partition coefficient (Wildman–Crippen LogP) is 17.9. The summed E-state index contributed by atoms with van der Waals surface area (Å²) in [5.74, 6) is 0. The number of hydrogen-bond donors (Lipinski definition) is 0. The predicted molar refractivity (Wildman–Crippen MR) is 269 cm³/mol. The van der Waals surface area contributed by atoms with E-state index in [1.165, 1.54) is 83.5 Å². The molecule has 0 spiro atoms. The molecule has 60 heavy (non-hydrogen) atoms. The minimum absolute atomic E-state index is 1.16. The SMILES string of the molecule is CC.CC.CC.CC.CC.CC.Cc1cncc(-c2cccc(-c3cc(-c4cccc(-c5cncc(C)c5C)c4)cc(-c4cccc(-c5cncc(C)c5C)c4)c3)c2)c1C. The van der Waals surface area contributed by atoms with Crippen LogP contribution in [-0.2, 0) is 0 Å². The van der Waals surface area contributed by atoms with E-state index in [1.807, 2.05) is 120 Å². The molecule has 3 heterocycles. The van der Waals surface area contributed by atoms with Crippen molar-refractivity contribution in [2.45, 2.75) is 125 Å². The number of pyridine rings is 3. The third-order valence-corrected chi connectivity index (χ3v) is 9.86. The van der Waals surface area contributed by atoms with Crippen LogP contribution in [0.1, 0.15) is 116 Å². The molecule has 7 rings (SSSR count). The number of aryl methyl sites for hydroxylation is 3. The monoisotopic (exact) mass is 802 g/mol. The van der Waals surface area contributed by atoms with Gasteiger partial charge in [-0.25, -0.2) is 0 Å². The molecule has 0 saturated carbocycles. The molecule has 0 saturated heterocycles. The maximum atomic E-state index is 4.51. The summed E-state index contributed by atoms with van der Waals surface area (Å²) in [6, 6.07) is 33.5. The van der Waals surface area contributed by atoms with Gasteiger partial charge < -0.3 is 0 Å². The minimum Gasteiger partial charge on any atom is -0.264 e. The van der Waals surface area contributed by atoms with Crippen LogP contribution in [0, 0.1) is 41.5 Å². The second-order valence-electron chi connectivity index (χ2n) is 12.9. The molecule has 3 heteroatoms. The van der Waals surface area contributed by atoms with Gasteiger partial charge in [0.05, 0.1) is 0 Å². The van der Waals surface area contributed by atoms with Crippen LogP contribution in [0.15, 0.2) is 128 Å². The van der Waals surface area contributed by atoms with E-state index >= 15 is 0 Å². The first-order chi connectivity index (χ1) is 29.3. The number of hydrogen-bond acceptors (Lipinski definition) is 3. The van der Waals surface area contributed by atoms with Gasteiger partial charge in [-0.2, -0.15) is 0 Å². The Balaban J connectivity index is 0.00000138. The summed E-state index contributed by atoms with van der Waals surface area (Å²) < 4.78 is 0. The van der Waals surface area contributed by atoms with E-state index in [4.69, 9.17) is 0 Å². The van der Waals surface area contributed by atoms with E-state index in [2.05, 4.69) is 147 Å². The van der Waals surface area contributed by atoms with Gasteiger partial charge in [-0.05, 0) is 161 Å². The first kappa shape index (κ1) is 52.3. The fourth-order valence-electron chi connectivity index (χ4n) is 6.49. The van der Waals surface area contributed by atoms with Crippen LogP contribution in [0.5, 0.6) is 0 Å². The van der Waals surface area contributed by atoms with Crippen LogP contribution >= 0.6 is 0 Å². The highest BCUT2D eigenvalue weighted by Gasteiger charge is 2.13. The molecule has 4 aromatic carbocycles. The first-order valence-corrected chi connectivity index (χ1v) is 22.5. The number of nitrogens with zero attached hydrogens (tertiary/aromatic N) is 3. The van der Waals surface area contributed by atoms with Crippen molar-refractivity contribution in [3.63, 3.8) is 0 Å². The summed E-state index contributed by atoms with van der Waals surface area (Å²) in [5, 5.41) is 0. The first-order valence-electron chi connectivity index (χ1n) is 22.5. The van der Waals surface area contributed by atoms with Crippen molar-refractivity contribution in [3.05, 3.63) is 162 Å². The standard InChI is InChI=1S/C45H39N3.6C2H6/c1-28-22-46-25-43(31(28)4)37-13-7-10-34(16-37)40-19-41(35-11-8-14-38(17-35)44-26-47-23-29(2)32(44)5)21-42(20-40)36-12-9-15-39(18-36)45-27-48-24-30(3)33(45)6;6*1-2/h7-27H,1-6H3;6*1-2H3. The Hall–Kier alpha value is -5.67.